The van der Waals surface area contributed by atoms with E-state index >= 15 is 0 Å². The molecule has 7 atom stereocenters. The van der Waals surface area contributed by atoms with E-state index in [-0.39, 0.29) is 5.41 Å². The normalized spacial score (nSPS) is 55.4. The molecule has 0 saturated heterocycles. The first-order valence-corrected chi connectivity index (χ1v) is 9.84. The highest BCUT2D eigenvalue weighted by Gasteiger charge is 2.63. The van der Waals surface area contributed by atoms with Gasteiger partial charge in [0.25, 0.3) is 0 Å². The number of aliphatic hydroxyl groups is 1. The van der Waals surface area contributed by atoms with Crippen molar-refractivity contribution in [2.24, 2.45) is 34.5 Å². The molecule has 0 bridgehead atoms. The standard InChI is InChI=1S/C21H32N2O/c1-19-11-13-12-22-23-18(13)10-14(19)4-5-15-16(19)6-8-20(2)17(15)7-9-21(20,3)24/h12,14-17,24H,4-11H2,1-3H3,(H,22,23)/t14-,15+,16-,17-,19-,20-,21-/m0/s1/i3D3. The van der Waals surface area contributed by atoms with Crippen molar-refractivity contribution in [3.8, 4) is 0 Å². The molecule has 0 amide bonds. The van der Waals surface area contributed by atoms with Gasteiger partial charge in [0, 0.05) is 9.81 Å². The molecule has 0 aliphatic heterocycles. The number of hydrogen-bond donors (Lipinski definition) is 2. The summed E-state index contributed by atoms with van der Waals surface area (Å²) >= 11 is 0. The van der Waals surface area contributed by atoms with Crippen molar-refractivity contribution in [2.75, 3.05) is 0 Å². The second kappa shape index (κ2) is 4.66. The van der Waals surface area contributed by atoms with Crippen LogP contribution in [0.1, 0.15) is 74.6 Å². The highest BCUT2D eigenvalue weighted by atomic mass is 16.3. The molecule has 3 heteroatoms. The molecular formula is C21H32N2O. The van der Waals surface area contributed by atoms with Crippen LogP contribution in [-0.4, -0.2) is 20.9 Å². The quantitative estimate of drug-likeness (QED) is 0.751. The lowest BCUT2D eigenvalue weighted by molar-refractivity contribution is -0.139. The molecular weight excluding hydrogens is 296 g/mol. The Balaban J connectivity index is 1.49. The van der Waals surface area contributed by atoms with E-state index in [1.54, 1.807) is 0 Å². The topological polar surface area (TPSA) is 48.9 Å². The molecule has 24 heavy (non-hydrogen) atoms. The number of nitrogens with one attached hydrogen (secondary N) is 1. The maximum atomic E-state index is 11.3. The van der Waals surface area contributed by atoms with Gasteiger partial charge in [-0.2, -0.15) is 5.10 Å². The van der Waals surface area contributed by atoms with Gasteiger partial charge >= 0.3 is 0 Å². The predicted octanol–water partition coefficient (Wildman–Crippen LogP) is 4.12. The number of hydrogen-bond acceptors (Lipinski definition) is 2. The van der Waals surface area contributed by atoms with Gasteiger partial charge in [-0.3, -0.25) is 5.10 Å². The highest BCUT2D eigenvalue weighted by Crippen LogP contribution is 2.67. The van der Waals surface area contributed by atoms with Crippen LogP contribution in [0.5, 0.6) is 0 Å². The van der Waals surface area contributed by atoms with E-state index in [1.165, 1.54) is 24.1 Å². The molecule has 1 heterocycles. The van der Waals surface area contributed by atoms with E-state index in [0.717, 1.165) is 32.1 Å². The average Bonchev–Trinajstić information content (AvgIpc) is 3.14. The zero-order valence-corrected chi connectivity index (χ0v) is 14.9. The summed E-state index contributed by atoms with van der Waals surface area (Å²) in [6.07, 6.45) is 9.81. The zero-order chi connectivity index (χ0) is 19.2. The fourth-order valence-corrected chi connectivity index (χ4v) is 7.49. The number of rotatable bonds is 0. The lowest BCUT2D eigenvalue weighted by Crippen LogP contribution is -2.56. The summed E-state index contributed by atoms with van der Waals surface area (Å²) in [6.45, 7) is 2.27. The summed E-state index contributed by atoms with van der Waals surface area (Å²) in [7, 11) is 0. The maximum absolute atomic E-state index is 11.3. The lowest BCUT2D eigenvalue weighted by Gasteiger charge is -2.60. The molecule has 1 aromatic heterocycles. The van der Waals surface area contributed by atoms with Gasteiger partial charge in [-0.25, -0.2) is 0 Å². The second-order valence-corrected chi connectivity index (χ2v) is 9.77. The van der Waals surface area contributed by atoms with Gasteiger partial charge in [0.15, 0.2) is 0 Å². The first kappa shape index (κ1) is 12.5. The SMILES string of the molecule is [2H]C([2H])([2H])[C@]1(O)CC[C@H]2[C@@H]3CC[C@H]4Cc5[nH]ncc5C[C@]4(C)[C@H]3CC[C@@]21C. The van der Waals surface area contributed by atoms with Gasteiger partial charge < -0.3 is 5.11 Å². The van der Waals surface area contributed by atoms with Gasteiger partial charge in [-0.1, -0.05) is 13.8 Å². The molecule has 4 aliphatic rings. The van der Waals surface area contributed by atoms with Gasteiger partial charge in [-0.15, -0.1) is 0 Å². The Kier molecular flexibility index (Phi) is 2.43. The minimum absolute atomic E-state index is 0.280. The Morgan fingerprint density at radius 3 is 2.88 bits per heavy atom. The van der Waals surface area contributed by atoms with Crippen molar-refractivity contribution in [3.05, 3.63) is 17.5 Å². The minimum atomic E-state index is -2.29. The predicted molar refractivity (Wildman–Crippen MR) is 94.5 cm³/mol. The largest absolute Gasteiger partial charge is 0.390 e. The summed E-state index contributed by atoms with van der Waals surface area (Å²) in [5.41, 5.74) is 1.000. The van der Waals surface area contributed by atoms with E-state index in [4.69, 9.17) is 4.11 Å². The summed E-state index contributed by atoms with van der Waals surface area (Å²) in [5, 5.41) is 18.8. The molecule has 3 nitrogen and oxygen atoms in total. The second-order valence-electron chi connectivity index (χ2n) is 9.77. The Morgan fingerprint density at radius 2 is 2.04 bits per heavy atom. The third-order valence-electron chi connectivity index (χ3n) is 9.05. The molecule has 132 valence electrons. The molecule has 0 spiro atoms. The van der Waals surface area contributed by atoms with Crippen LogP contribution in [0.2, 0.25) is 0 Å². The molecule has 4 aliphatic carbocycles. The van der Waals surface area contributed by atoms with Crippen LogP contribution >= 0.6 is 0 Å². The van der Waals surface area contributed by atoms with Gasteiger partial charge in [-0.05, 0) is 98.3 Å². The number of nitrogens with zero attached hydrogens (tertiary/aromatic N) is 1. The molecule has 5 rings (SSSR count). The van der Waals surface area contributed by atoms with Crippen molar-refractivity contribution in [2.45, 2.75) is 77.7 Å². The van der Waals surface area contributed by atoms with E-state index in [2.05, 4.69) is 24.0 Å². The fourth-order valence-electron chi connectivity index (χ4n) is 7.49. The van der Waals surface area contributed by atoms with Crippen molar-refractivity contribution in [3.63, 3.8) is 0 Å². The Bertz CT molecular complexity index is 761. The van der Waals surface area contributed by atoms with Crippen LogP contribution in [0.15, 0.2) is 6.20 Å². The molecule has 1 aromatic rings. The van der Waals surface area contributed by atoms with Gasteiger partial charge in [0.2, 0.25) is 0 Å². The molecule has 0 unspecified atom stereocenters. The zero-order valence-electron chi connectivity index (χ0n) is 17.9. The van der Waals surface area contributed by atoms with Gasteiger partial charge in [0.05, 0.1) is 11.8 Å². The van der Waals surface area contributed by atoms with Crippen molar-refractivity contribution in [1.29, 1.82) is 0 Å². The van der Waals surface area contributed by atoms with Crippen LogP contribution in [0.3, 0.4) is 0 Å². The molecule has 3 fully saturated rings. The van der Waals surface area contributed by atoms with Crippen LogP contribution in [0, 0.1) is 34.5 Å². The number of fused-ring (bicyclic) bond motifs is 6. The van der Waals surface area contributed by atoms with E-state index in [9.17, 15) is 5.11 Å². The van der Waals surface area contributed by atoms with Crippen LogP contribution < -0.4 is 0 Å². The lowest BCUT2D eigenvalue weighted by atomic mass is 9.44. The van der Waals surface area contributed by atoms with E-state index in [1.807, 2.05) is 6.20 Å². The number of aromatic nitrogens is 2. The molecule has 0 radical (unpaired) electrons. The average molecular weight is 332 g/mol. The van der Waals surface area contributed by atoms with Crippen LogP contribution in [-0.2, 0) is 12.8 Å². The first-order chi connectivity index (χ1) is 12.6. The number of H-pyrrole nitrogens is 1. The van der Waals surface area contributed by atoms with Gasteiger partial charge in [0.1, 0.15) is 0 Å². The number of aromatic amines is 1. The summed E-state index contributed by atoms with van der Waals surface area (Å²) < 4.78 is 24.1. The summed E-state index contributed by atoms with van der Waals surface area (Å²) in [6, 6.07) is 0. The molecule has 3 saturated carbocycles. The van der Waals surface area contributed by atoms with E-state index < -0.39 is 17.9 Å². The Morgan fingerprint density at radius 1 is 1.21 bits per heavy atom. The minimum Gasteiger partial charge on any atom is -0.390 e. The van der Waals surface area contributed by atoms with Crippen LogP contribution in [0.25, 0.3) is 0 Å². The van der Waals surface area contributed by atoms with Crippen molar-refractivity contribution < 1.29 is 9.22 Å². The Hall–Kier alpha value is -0.830. The highest BCUT2D eigenvalue weighted by molar-refractivity contribution is 5.26. The third-order valence-corrected chi connectivity index (χ3v) is 9.05. The molecule has 0 aromatic carbocycles. The summed E-state index contributed by atoms with van der Waals surface area (Å²) in [4.78, 5) is 0. The smallest absolute Gasteiger partial charge is 0.0675 e. The summed E-state index contributed by atoms with van der Waals surface area (Å²) in [5.74, 6) is 2.22. The van der Waals surface area contributed by atoms with E-state index in [0.29, 0.717) is 30.1 Å². The monoisotopic (exact) mass is 331 g/mol. The third kappa shape index (κ3) is 1.75. The molecule has 2 N–H and O–H groups in total. The first-order valence-electron chi connectivity index (χ1n) is 11.3. The fraction of sp³-hybridized carbons (Fsp3) is 0.857. The Labute approximate surface area is 149 Å². The van der Waals surface area contributed by atoms with Crippen molar-refractivity contribution in [1.82, 2.24) is 10.2 Å². The van der Waals surface area contributed by atoms with Crippen molar-refractivity contribution >= 4 is 0 Å². The van der Waals surface area contributed by atoms with Crippen LogP contribution in [0.4, 0.5) is 0 Å². The maximum Gasteiger partial charge on any atom is 0.0675 e.